The maximum Gasteiger partial charge on any atom is 0.258 e. The fourth-order valence-corrected chi connectivity index (χ4v) is 1.98. The normalized spacial score (nSPS) is 10.9. The molecule has 4 heteroatoms. The Bertz CT molecular complexity index is 562. The van der Waals surface area contributed by atoms with Gasteiger partial charge in [-0.1, -0.05) is 22.0 Å². The van der Waals surface area contributed by atoms with Crippen molar-refractivity contribution < 1.29 is 4.74 Å². The van der Waals surface area contributed by atoms with E-state index in [9.17, 15) is 4.79 Å². The lowest BCUT2D eigenvalue weighted by Gasteiger charge is -2.06. The predicted octanol–water partition coefficient (Wildman–Crippen LogP) is 2.41. The maximum absolute atomic E-state index is 12.1. The summed E-state index contributed by atoms with van der Waals surface area (Å²) in [4.78, 5) is 12.1. The van der Waals surface area contributed by atoms with Crippen LogP contribution in [0.4, 0.5) is 0 Å². The molecule has 0 saturated heterocycles. The quantitative estimate of drug-likeness (QED) is 0.865. The van der Waals surface area contributed by atoms with Crippen LogP contribution in [-0.2, 0) is 11.3 Å². The molecule has 84 valence electrons. The standard InChI is InChI=1S/C12H12BrNO2/c1-16-7-6-14-5-4-9-2-3-10(13)8-11(9)12(14)15/h2-5,8H,6-7H2,1H3. The summed E-state index contributed by atoms with van der Waals surface area (Å²) in [5.74, 6) is 0. The van der Waals surface area contributed by atoms with Crippen LogP contribution in [0, 0.1) is 0 Å². The number of pyridine rings is 1. The molecule has 3 nitrogen and oxygen atoms in total. The van der Waals surface area contributed by atoms with Gasteiger partial charge >= 0.3 is 0 Å². The van der Waals surface area contributed by atoms with Gasteiger partial charge in [-0.25, -0.2) is 0 Å². The molecule has 0 saturated carbocycles. The molecule has 2 aromatic rings. The number of hydrogen-bond donors (Lipinski definition) is 0. The fourth-order valence-electron chi connectivity index (χ4n) is 1.62. The fraction of sp³-hybridized carbons (Fsp3) is 0.250. The highest BCUT2D eigenvalue weighted by atomic mass is 79.9. The second-order valence-electron chi connectivity index (χ2n) is 3.54. The van der Waals surface area contributed by atoms with Crippen molar-refractivity contribution in [3.63, 3.8) is 0 Å². The summed E-state index contributed by atoms with van der Waals surface area (Å²) in [5, 5.41) is 1.69. The highest BCUT2D eigenvalue weighted by Crippen LogP contribution is 2.16. The summed E-state index contributed by atoms with van der Waals surface area (Å²) in [6.07, 6.45) is 1.80. The first-order valence-corrected chi connectivity index (χ1v) is 5.79. The summed E-state index contributed by atoms with van der Waals surface area (Å²) in [6, 6.07) is 7.66. The first-order chi connectivity index (χ1) is 7.72. The van der Waals surface area contributed by atoms with Crippen molar-refractivity contribution in [1.29, 1.82) is 0 Å². The molecule has 0 fully saturated rings. The van der Waals surface area contributed by atoms with Crippen molar-refractivity contribution in [3.8, 4) is 0 Å². The lowest BCUT2D eigenvalue weighted by molar-refractivity contribution is 0.186. The molecule has 1 aromatic heterocycles. The van der Waals surface area contributed by atoms with Gasteiger partial charge < -0.3 is 9.30 Å². The van der Waals surface area contributed by atoms with Crippen LogP contribution in [0.2, 0.25) is 0 Å². The van der Waals surface area contributed by atoms with Gasteiger partial charge in [0.2, 0.25) is 0 Å². The Labute approximate surface area is 102 Å². The van der Waals surface area contributed by atoms with Gasteiger partial charge in [-0.3, -0.25) is 4.79 Å². The first-order valence-electron chi connectivity index (χ1n) is 5.00. The second-order valence-corrected chi connectivity index (χ2v) is 4.45. The molecule has 0 bridgehead atoms. The topological polar surface area (TPSA) is 31.2 Å². The SMILES string of the molecule is COCCn1ccc2ccc(Br)cc2c1=O. The number of halogens is 1. The second kappa shape index (κ2) is 4.80. The van der Waals surface area contributed by atoms with Gasteiger partial charge in [0.25, 0.3) is 5.56 Å². The zero-order valence-electron chi connectivity index (χ0n) is 8.94. The predicted molar refractivity (Wildman–Crippen MR) is 67.8 cm³/mol. The molecule has 0 aliphatic carbocycles. The zero-order chi connectivity index (χ0) is 11.5. The number of fused-ring (bicyclic) bond motifs is 1. The molecule has 0 radical (unpaired) electrons. The molecule has 0 N–H and O–H groups in total. The average Bonchev–Trinajstić information content (AvgIpc) is 2.29. The molecule has 2 rings (SSSR count). The number of benzene rings is 1. The zero-order valence-corrected chi connectivity index (χ0v) is 10.5. The van der Waals surface area contributed by atoms with E-state index in [1.807, 2.05) is 24.3 Å². The third kappa shape index (κ3) is 2.18. The Morgan fingerprint density at radius 1 is 1.38 bits per heavy atom. The number of aromatic nitrogens is 1. The van der Waals surface area contributed by atoms with E-state index in [0.29, 0.717) is 13.2 Å². The highest BCUT2D eigenvalue weighted by molar-refractivity contribution is 9.10. The monoisotopic (exact) mass is 281 g/mol. The van der Waals surface area contributed by atoms with Crippen molar-refractivity contribution in [2.45, 2.75) is 6.54 Å². The molecule has 0 aliphatic heterocycles. The van der Waals surface area contributed by atoms with E-state index in [1.54, 1.807) is 17.9 Å². The smallest absolute Gasteiger partial charge is 0.258 e. The van der Waals surface area contributed by atoms with Crippen molar-refractivity contribution >= 4 is 26.7 Å². The molecular weight excluding hydrogens is 270 g/mol. The van der Waals surface area contributed by atoms with E-state index in [2.05, 4.69) is 15.9 Å². The minimum atomic E-state index is 0.0239. The van der Waals surface area contributed by atoms with E-state index < -0.39 is 0 Å². The van der Waals surface area contributed by atoms with E-state index in [-0.39, 0.29) is 5.56 Å². The van der Waals surface area contributed by atoms with Crippen molar-refractivity contribution in [1.82, 2.24) is 4.57 Å². The summed E-state index contributed by atoms with van der Waals surface area (Å²) < 4.78 is 7.55. The number of nitrogens with zero attached hydrogens (tertiary/aromatic N) is 1. The summed E-state index contributed by atoms with van der Waals surface area (Å²) >= 11 is 3.37. The Hall–Kier alpha value is -1.13. The van der Waals surface area contributed by atoms with E-state index in [1.165, 1.54) is 0 Å². The van der Waals surface area contributed by atoms with Crippen molar-refractivity contribution in [3.05, 3.63) is 45.3 Å². The van der Waals surface area contributed by atoms with Crippen LogP contribution in [0.3, 0.4) is 0 Å². The van der Waals surface area contributed by atoms with Gasteiger partial charge in [-0.15, -0.1) is 0 Å². The molecule has 1 heterocycles. The minimum Gasteiger partial charge on any atom is -0.383 e. The van der Waals surface area contributed by atoms with Crippen LogP contribution in [0.25, 0.3) is 10.8 Å². The van der Waals surface area contributed by atoms with Gasteiger partial charge in [-0.2, -0.15) is 0 Å². The number of rotatable bonds is 3. The van der Waals surface area contributed by atoms with E-state index in [4.69, 9.17) is 4.74 Å². The minimum absolute atomic E-state index is 0.0239. The average molecular weight is 282 g/mol. The van der Waals surface area contributed by atoms with Gasteiger partial charge in [0, 0.05) is 29.7 Å². The molecule has 0 aliphatic rings. The third-order valence-electron chi connectivity index (χ3n) is 2.48. The van der Waals surface area contributed by atoms with Gasteiger partial charge in [0.15, 0.2) is 0 Å². The van der Waals surface area contributed by atoms with Crippen LogP contribution in [-0.4, -0.2) is 18.3 Å². The number of methoxy groups -OCH3 is 1. The van der Waals surface area contributed by atoms with Crippen molar-refractivity contribution in [2.24, 2.45) is 0 Å². The third-order valence-corrected chi connectivity index (χ3v) is 2.97. The largest absolute Gasteiger partial charge is 0.383 e. The molecular formula is C12H12BrNO2. The maximum atomic E-state index is 12.1. The molecule has 1 aromatic carbocycles. The molecule has 0 amide bonds. The Kier molecular flexibility index (Phi) is 3.41. The molecule has 0 spiro atoms. The van der Waals surface area contributed by atoms with E-state index in [0.717, 1.165) is 15.2 Å². The Morgan fingerprint density at radius 2 is 2.19 bits per heavy atom. The molecule has 0 atom stereocenters. The van der Waals surface area contributed by atoms with Gasteiger partial charge in [-0.05, 0) is 23.6 Å². The van der Waals surface area contributed by atoms with Crippen LogP contribution in [0.1, 0.15) is 0 Å². The van der Waals surface area contributed by atoms with Crippen LogP contribution < -0.4 is 5.56 Å². The number of ether oxygens (including phenoxy) is 1. The Morgan fingerprint density at radius 3 is 2.94 bits per heavy atom. The van der Waals surface area contributed by atoms with Gasteiger partial charge in [0.1, 0.15) is 0 Å². The Balaban J connectivity index is 2.55. The van der Waals surface area contributed by atoms with Crippen LogP contribution in [0.5, 0.6) is 0 Å². The lowest BCUT2D eigenvalue weighted by atomic mass is 10.2. The molecule has 16 heavy (non-hydrogen) atoms. The van der Waals surface area contributed by atoms with Crippen LogP contribution in [0.15, 0.2) is 39.7 Å². The lowest BCUT2D eigenvalue weighted by Crippen LogP contribution is -2.21. The highest BCUT2D eigenvalue weighted by Gasteiger charge is 2.02. The van der Waals surface area contributed by atoms with Gasteiger partial charge in [0.05, 0.1) is 6.61 Å². The molecule has 0 unspecified atom stereocenters. The number of hydrogen-bond acceptors (Lipinski definition) is 2. The summed E-state index contributed by atoms with van der Waals surface area (Å²) in [5.41, 5.74) is 0.0239. The van der Waals surface area contributed by atoms with Crippen LogP contribution >= 0.6 is 15.9 Å². The summed E-state index contributed by atoms with van der Waals surface area (Å²) in [7, 11) is 1.63. The van der Waals surface area contributed by atoms with Crippen molar-refractivity contribution in [2.75, 3.05) is 13.7 Å². The van der Waals surface area contributed by atoms with E-state index >= 15 is 0 Å². The first kappa shape index (κ1) is 11.4. The summed E-state index contributed by atoms with van der Waals surface area (Å²) in [6.45, 7) is 1.12.